The minimum absolute atomic E-state index is 0.0191. The molecule has 2 N–H and O–H groups in total. The van der Waals surface area contributed by atoms with Crippen molar-refractivity contribution in [3.63, 3.8) is 0 Å². The van der Waals surface area contributed by atoms with Crippen LogP contribution in [-0.4, -0.2) is 42.9 Å². The van der Waals surface area contributed by atoms with Crippen molar-refractivity contribution in [1.82, 2.24) is 4.90 Å². The number of hydrogen-bond donors (Lipinski definition) is 2. The molecule has 1 heterocycles. The fourth-order valence-electron chi connectivity index (χ4n) is 4.01. The summed E-state index contributed by atoms with van der Waals surface area (Å²) in [6.07, 6.45) is 0.283. The van der Waals surface area contributed by atoms with Gasteiger partial charge in [-0.2, -0.15) is 0 Å². The molecule has 4 rings (SSSR count). The lowest BCUT2D eigenvalue weighted by Gasteiger charge is -2.32. The Labute approximate surface area is 183 Å². The van der Waals surface area contributed by atoms with Crippen molar-refractivity contribution in [2.24, 2.45) is 0 Å². The molecule has 5 heteroatoms. The van der Waals surface area contributed by atoms with E-state index in [0.29, 0.717) is 24.3 Å². The third kappa shape index (κ3) is 5.58. The summed E-state index contributed by atoms with van der Waals surface area (Å²) >= 11 is 0. The first-order valence-corrected chi connectivity index (χ1v) is 10.8. The lowest BCUT2D eigenvalue weighted by molar-refractivity contribution is -0.917. The molecule has 0 aromatic heterocycles. The molecule has 1 saturated heterocycles. The number of hydrogen-bond acceptors (Lipinski definition) is 2. The summed E-state index contributed by atoms with van der Waals surface area (Å²) < 4.78 is 0. The molecule has 158 valence electrons. The Morgan fingerprint density at radius 1 is 0.774 bits per heavy atom. The van der Waals surface area contributed by atoms with E-state index >= 15 is 0 Å². The summed E-state index contributed by atoms with van der Waals surface area (Å²) in [5.74, 6) is -0.141. The van der Waals surface area contributed by atoms with Gasteiger partial charge in [-0.1, -0.05) is 72.8 Å². The van der Waals surface area contributed by atoms with E-state index in [-0.39, 0.29) is 18.2 Å². The van der Waals surface area contributed by atoms with Crippen molar-refractivity contribution in [2.45, 2.75) is 13.0 Å². The van der Waals surface area contributed by atoms with E-state index < -0.39 is 0 Å². The van der Waals surface area contributed by atoms with E-state index in [2.05, 4.69) is 29.6 Å². The minimum Gasteiger partial charge on any atom is -0.328 e. The van der Waals surface area contributed by atoms with Crippen LogP contribution in [0, 0.1) is 0 Å². The van der Waals surface area contributed by atoms with E-state index in [1.807, 2.05) is 53.4 Å². The SMILES string of the molecule is O=C(Cc1ccccc1)Nc1ccccc1C(=O)N1CC[NH+](Cc2ccccc2)CC1. The quantitative estimate of drug-likeness (QED) is 0.651. The summed E-state index contributed by atoms with van der Waals surface area (Å²) in [6.45, 7) is 4.25. The molecule has 1 aliphatic heterocycles. The Kier molecular flexibility index (Phi) is 6.75. The summed E-state index contributed by atoms with van der Waals surface area (Å²) in [6, 6.07) is 27.4. The van der Waals surface area contributed by atoms with Gasteiger partial charge in [0, 0.05) is 5.56 Å². The standard InChI is InChI=1S/C26H27N3O2/c30-25(19-21-9-3-1-4-10-21)27-24-14-8-7-13-23(24)26(31)29-17-15-28(16-18-29)20-22-11-5-2-6-12-22/h1-14H,15-20H2,(H,27,30)/p+1. The summed E-state index contributed by atoms with van der Waals surface area (Å²) in [4.78, 5) is 29.1. The molecular formula is C26H28N3O2+. The van der Waals surface area contributed by atoms with Crippen molar-refractivity contribution in [3.05, 3.63) is 102 Å². The maximum Gasteiger partial charge on any atom is 0.256 e. The summed E-state index contributed by atoms with van der Waals surface area (Å²) in [5.41, 5.74) is 3.40. The number of amides is 2. The van der Waals surface area contributed by atoms with Crippen LogP contribution < -0.4 is 10.2 Å². The summed E-state index contributed by atoms with van der Waals surface area (Å²) in [5, 5.41) is 2.93. The zero-order valence-electron chi connectivity index (χ0n) is 17.6. The van der Waals surface area contributed by atoms with Gasteiger partial charge in [-0.3, -0.25) is 9.59 Å². The molecule has 0 bridgehead atoms. The number of carbonyl (C=O) groups excluding carboxylic acids is 2. The highest BCUT2D eigenvalue weighted by Gasteiger charge is 2.26. The van der Waals surface area contributed by atoms with Crippen LogP contribution in [-0.2, 0) is 17.8 Å². The topological polar surface area (TPSA) is 53.9 Å². The fraction of sp³-hybridized carbons (Fsp3) is 0.231. The molecule has 3 aromatic rings. The highest BCUT2D eigenvalue weighted by molar-refractivity contribution is 6.04. The molecule has 0 aliphatic carbocycles. The number of carbonyl (C=O) groups is 2. The first-order chi connectivity index (χ1) is 15.2. The minimum atomic E-state index is -0.122. The van der Waals surface area contributed by atoms with Gasteiger partial charge in [-0.15, -0.1) is 0 Å². The van der Waals surface area contributed by atoms with E-state index in [9.17, 15) is 9.59 Å². The lowest BCUT2D eigenvalue weighted by Crippen LogP contribution is -3.13. The number of benzene rings is 3. The Morgan fingerprint density at radius 3 is 2.03 bits per heavy atom. The number of piperazine rings is 1. The molecule has 0 radical (unpaired) electrons. The first-order valence-electron chi connectivity index (χ1n) is 10.8. The number of nitrogens with one attached hydrogen (secondary N) is 2. The van der Waals surface area contributed by atoms with E-state index in [0.717, 1.165) is 25.2 Å². The zero-order valence-corrected chi connectivity index (χ0v) is 17.6. The van der Waals surface area contributed by atoms with Gasteiger partial charge in [0.15, 0.2) is 0 Å². The maximum atomic E-state index is 13.2. The molecule has 0 spiro atoms. The van der Waals surface area contributed by atoms with Crippen molar-refractivity contribution in [1.29, 1.82) is 0 Å². The number of para-hydroxylation sites is 1. The third-order valence-electron chi connectivity index (χ3n) is 5.69. The Morgan fingerprint density at radius 2 is 1.35 bits per heavy atom. The van der Waals surface area contributed by atoms with Gasteiger partial charge >= 0.3 is 0 Å². The van der Waals surface area contributed by atoms with E-state index in [4.69, 9.17) is 0 Å². The highest BCUT2D eigenvalue weighted by Crippen LogP contribution is 2.18. The van der Waals surface area contributed by atoms with Gasteiger partial charge in [0.1, 0.15) is 6.54 Å². The van der Waals surface area contributed by atoms with Crippen molar-refractivity contribution >= 4 is 17.5 Å². The van der Waals surface area contributed by atoms with Crippen LogP contribution in [0.25, 0.3) is 0 Å². The van der Waals surface area contributed by atoms with E-state index in [1.165, 1.54) is 10.5 Å². The largest absolute Gasteiger partial charge is 0.328 e. The summed E-state index contributed by atoms with van der Waals surface area (Å²) in [7, 11) is 0. The van der Waals surface area contributed by atoms with Crippen LogP contribution in [0.5, 0.6) is 0 Å². The number of nitrogens with zero attached hydrogens (tertiary/aromatic N) is 1. The molecule has 5 nitrogen and oxygen atoms in total. The first kappa shape index (κ1) is 20.8. The predicted molar refractivity (Wildman–Crippen MR) is 122 cm³/mol. The average Bonchev–Trinajstić information content (AvgIpc) is 2.81. The van der Waals surface area contributed by atoms with Crippen LogP contribution >= 0.6 is 0 Å². The smallest absolute Gasteiger partial charge is 0.256 e. The van der Waals surface area contributed by atoms with Crippen LogP contribution in [0.4, 0.5) is 5.69 Å². The third-order valence-corrected chi connectivity index (χ3v) is 5.69. The van der Waals surface area contributed by atoms with Crippen LogP contribution in [0.15, 0.2) is 84.9 Å². The molecule has 1 aliphatic rings. The molecule has 0 saturated carbocycles. The predicted octanol–water partition coefficient (Wildman–Crippen LogP) is 2.41. The van der Waals surface area contributed by atoms with Crippen LogP contribution in [0.2, 0.25) is 0 Å². The van der Waals surface area contributed by atoms with Crippen molar-refractivity contribution in [3.8, 4) is 0 Å². The number of rotatable bonds is 6. The van der Waals surface area contributed by atoms with Crippen LogP contribution in [0.3, 0.4) is 0 Å². The highest BCUT2D eigenvalue weighted by atomic mass is 16.2. The second kappa shape index (κ2) is 10.0. The molecule has 2 amide bonds. The second-order valence-electron chi connectivity index (χ2n) is 7.96. The molecule has 0 unspecified atom stereocenters. The van der Waals surface area contributed by atoms with Gasteiger partial charge < -0.3 is 15.1 Å². The molecular weight excluding hydrogens is 386 g/mol. The van der Waals surface area contributed by atoms with Gasteiger partial charge in [-0.05, 0) is 17.7 Å². The fourth-order valence-corrected chi connectivity index (χ4v) is 4.01. The second-order valence-corrected chi connectivity index (χ2v) is 7.96. The monoisotopic (exact) mass is 414 g/mol. The Hall–Kier alpha value is -3.44. The number of quaternary nitrogens is 1. The normalized spacial score (nSPS) is 14.3. The van der Waals surface area contributed by atoms with Gasteiger partial charge in [0.25, 0.3) is 5.91 Å². The van der Waals surface area contributed by atoms with Crippen LogP contribution in [0.1, 0.15) is 21.5 Å². The average molecular weight is 415 g/mol. The lowest BCUT2D eigenvalue weighted by atomic mass is 10.1. The molecule has 3 aromatic carbocycles. The van der Waals surface area contributed by atoms with Gasteiger partial charge in [0.05, 0.1) is 43.9 Å². The molecule has 0 atom stereocenters. The zero-order chi connectivity index (χ0) is 21.5. The van der Waals surface area contributed by atoms with Crippen molar-refractivity contribution < 1.29 is 14.5 Å². The van der Waals surface area contributed by atoms with Crippen molar-refractivity contribution in [2.75, 3.05) is 31.5 Å². The maximum absolute atomic E-state index is 13.2. The Bertz CT molecular complexity index is 1010. The van der Waals surface area contributed by atoms with E-state index in [1.54, 1.807) is 12.1 Å². The van der Waals surface area contributed by atoms with Gasteiger partial charge in [0.2, 0.25) is 5.91 Å². The Balaban J connectivity index is 1.36. The van der Waals surface area contributed by atoms with Gasteiger partial charge in [-0.25, -0.2) is 0 Å². The number of anilines is 1. The molecule has 31 heavy (non-hydrogen) atoms. The molecule has 1 fully saturated rings.